The van der Waals surface area contributed by atoms with Gasteiger partial charge in [0.2, 0.25) is 0 Å². The van der Waals surface area contributed by atoms with E-state index in [-0.39, 0.29) is 17.8 Å². The maximum absolute atomic E-state index is 13.5. The summed E-state index contributed by atoms with van der Waals surface area (Å²) in [4.78, 5) is 33.1. The minimum absolute atomic E-state index is 0.142. The lowest BCUT2D eigenvalue weighted by molar-refractivity contribution is -0.118. The van der Waals surface area contributed by atoms with Gasteiger partial charge >= 0.3 is 0 Å². The minimum Gasteiger partial charge on any atom is -0.503 e. The van der Waals surface area contributed by atoms with Crippen LogP contribution in [-0.2, 0) is 16.0 Å². The molecule has 0 fully saturated rings. The number of rotatable bonds is 6. The van der Waals surface area contributed by atoms with Gasteiger partial charge in [0.25, 0.3) is 5.91 Å². The average molecular weight is 483 g/mol. The van der Waals surface area contributed by atoms with E-state index in [1.807, 2.05) is 81.4 Å². The molecule has 2 heterocycles. The van der Waals surface area contributed by atoms with Crippen LogP contribution in [0.25, 0.3) is 10.2 Å². The molecule has 3 aromatic carbocycles. The lowest BCUT2D eigenvalue weighted by Gasteiger charge is -2.24. The van der Waals surface area contributed by atoms with E-state index < -0.39 is 17.7 Å². The molecule has 0 bridgehead atoms. The summed E-state index contributed by atoms with van der Waals surface area (Å²) in [5.74, 6) is -1.31. The van der Waals surface area contributed by atoms with Crippen molar-refractivity contribution in [1.82, 2.24) is 4.98 Å². The average Bonchev–Trinajstić information content (AvgIpc) is 3.36. The molecular weight excluding hydrogens is 456 g/mol. The third kappa shape index (κ3) is 4.26. The fraction of sp³-hybridized carbons (Fsp3) is 0.207. The number of anilines is 1. The van der Waals surface area contributed by atoms with Crippen LogP contribution in [0.3, 0.4) is 0 Å². The molecule has 0 saturated carbocycles. The van der Waals surface area contributed by atoms with Crippen molar-refractivity contribution >= 4 is 38.4 Å². The predicted octanol–water partition coefficient (Wildman–Crippen LogP) is 6.32. The first-order chi connectivity index (χ1) is 16.8. The molecule has 1 N–H and O–H groups in total. The van der Waals surface area contributed by atoms with Crippen LogP contribution in [0.5, 0.6) is 0 Å². The number of hydrogen-bond donors (Lipinski definition) is 1. The van der Waals surface area contributed by atoms with Crippen molar-refractivity contribution in [2.75, 3.05) is 4.90 Å². The third-order valence-electron chi connectivity index (χ3n) is 6.55. The summed E-state index contributed by atoms with van der Waals surface area (Å²) in [6.07, 6.45) is 0.732. The lowest BCUT2D eigenvalue weighted by atomic mass is 9.92. The number of thiazole rings is 1. The fourth-order valence-electron chi connectivity index (χ4n) is 4.55. The summed E-state index contributed by atoms with van der Waals surface area (Å²) in [5, 5.41) is 11.4. The van der Waals surface area contributed by atoms with E-state index in [0.717, 1.165) is 38.0 Å². The highest BCUT2D eigenvalue weighted by Crippen LogP contribution is 2.44. The Hall–Kier alpha value is -3.77. The molecule has 35 heavy (non-hydrogen) atoms. The Morgan fingerprint density at radius 3 is 2.49 bits per heavy atom. The molecule has 1 atom stereocenters. The molecule has 1 aromatic heterocycles. The maximum atomic E-state index is 13.5. The number of aliphatic hydroxyl groups excluding tert-OH is 1. The molecule has 0 radical (unpaired) electrons. The van der Waals surface area contributed by atoms with Gasteiger partial charge in [-0.05, 0) is 61.6 Å². The normalized spacial score (nSPS) is 15.9. The number of hydrogen-bond acceptors (Lipinski definition) is 5. The Morgan fingerprint density at radius 1 is 1.00 bits per heavy atom. The molecule has 6 heteroatoms. The molecule has 1 aliphatic heterocycles. The Labute approximate surface area is 208 Å². The van der Waals surface area contributed by atoms with Crippen LogP contribution in [0.1, 0.15) is 40.3 Å². The second kappa shape index (κ2) is 9.12. The van der Waals surface area contributed by atoms with E-state index in [4.69, 9.17) is 4.98 Å². The molecule has 4 aromatic rings. The van der Waals surface area contributed by atoms with Gasteiger partial charge in [-0.3, -0.25) is 14.5 Å². The molecule has 176 valence electrons. The quantitative estimate of drug-likeness (QED) is 0.349. The van der Waals surface area contributed by atoms with Crippen LogP contribution in [0, 0.1) is 20.8 Å². The minimum atomic E-state index is -0.728. The molecule has 5 nitrogen and oxygen atoms in total. The Bertz CT molecular complexity index is 1450. The van der Waals surface area contributed by atoms with Crippen LogP contribution >= 0.6 is 11.3 Å². The number of fused-ring (bicyclic) bond motifs is 1. The maximum Gasteiger partial charge on any atom is 0.296 e. The number of carbonyl (C=O) groups excluding carboxylic acids is 2. The monoisotopic (exact) mass is 482 g/mol. The van der Waals surface area contributed by atoms with Gasteiger partial charge in [-0.1, -0.05) is 71.5 Å². The van der Waals surface area contributed by atoms with Crippen molar-refractivity contribution in [3.63, 3.8) is 0 Å². The number of aliphatic hydroxyl groups is 1. The van der Waals surface area contributed by atoms with Crippen LogP contribution in [0.2, 0.25) is 0 Å². The number of amides is 1. The summed E-state index contributed by atoms with van der Waals surface area (Å²) in [5.41, 5.74) is 6.02. The van der Waals surface area contributed by atoms with Crippen LogP contribution in [0.4, 0.5) is 5.13 Å². The SMILES string of the molecule is Cc1cccc(C2C(C(=O)CCc3ccccc3)=C(O)C(=O)N2c2nc3cc(C)c(C)cc3s2)c1. The van der Waals surface area contributed by atoms with Crippen molar-refractivity contribution < 1.29 is 14.7 Å². The highest BCUT2D eigenvalue weighted by atomic mass is 32.1. The van der Waals surface area contributed by atoms with Crippen molar-refractivity contribution in [3.8, 4) is 0 Å². The third-order valence-corrected chi connectivity index (χ3v) is 7.57. The summed E-state index contributed by atoms with van der Waals surface area (Å²) in [7, 11) is 0. The topological polar surface area (TPSA) is 70.5 Å². The first kappa shape index (κ1) is 23.0. The highest BCUT2D eigenvalue weighted by molar-refractivity contribution is 7.22. The van der Waals surface area contributed by atoms with Crippen LogP contribution in [0.15, 0.2) is 78.1 Å². The van der Waals surface area contributed by atoms with Crippen molar-refractivity contribution in [2.45, 2.75) is 39.7 Å². The van der Waals surface area contributed by atoms with Gasteiger partial charge in [0, 0.05) is 6.42 Å². The summed E-state index contributed by atoms with van der Waals surface area (Å²) < 4.78 is 0.960. The number of Topliss-reactive ketones (excluding diaryl/α,β-unsaturated/α-hetero) is 1. The zero-order valence-corrected chi connectivity index (χ0v) is 20.7. The van der Waals surface area contributed by atoms with E-state index in [9.17, 15) is 14.7 Å². The van der Waals surface area contributed by atoms with Gasteiger partial charge in [0.05, 0.1) is 21.8 Å². The Morgan fingerprint density at radius 2 is 1.74 bits per heavy atom. The number of ketones is 1. The zero-order valence-electron chi connectivity index (χ0n) is 19.9. The zero-order chi connectivity index (χ0) is 24.7. The van der Waals surface area contributed by atoms with E-state index in [0.29, 0.717) is 11.6 Å². The highest BCUT2D eigenvalue weighted by Gasteiger charge is 2.45. The first-order valence-corrected chi connectivity index (χ1v) is 12.4. The number of aromatic nitrogens is 1. The van der Waals surface area contributed by atoms with Crippen LogP contribution < -0.4 is 4.90 Å². The smallest absolute Gasteiger partial charge is 0.296 e. The molecule has 5 rings (SSSR count). The summed E-state index contributed by atoms with van der Waals surface area (Å²) in [6, 6.07) is 20.8. The number of benzene rings is 3. The van der Waals surface area contributed by atoms with Gasteiger partial charge in [0.15, 0.2) is 16.7 Å². The van der Waals surface area contributed by atoms with E-state index in [1.54, 1.807) is 0 Å². The van der Waals surface area contributed by atoms with Gasteiger partial charge < -0.3 is 5.11 Å². The molecular formula is C29H26N2O3S. The van der Waals surface area contributed by atoms with Crippen molar-refractivity contribution in [1.29, 1.82) is 0 Å². The predicted molar refractivity (Wildman–Crippen MR) is 140 cm³/mol. The largest absolute Gasteiger partial charge is 0.503 e. The van der Waals surface area contributed by atoms with Crippen molar-refractivity contribution in [3.05, 3.63) is 106 Å². The number of aryl methyl sites for hydroxylation is 4. The van der Waals surface area contributed by atoms with Gasteiger partial charge in [-0.2, -0.15) is 0 Å². The molecule has 0 aliphatic carbocycles. The Kier molecular flexibility index (Phi) is 5.99. The molecule has 1 amide bonds. The van der Waals surface area contributed by atoms with E-state index in [2.05, 4.69) is 6.07 Å². The molecule has 1 unspecified atom stereocenters. The summed E-state index contributed by atoms with van der Waals surface area (Å²) in [6.45, 7) is 6.04. The molecule has 1 aliphatic rings. The molecule has 0 saturated heterocycles. The van der Waals surface area contributed by atoms with Crippen LogP contribution in [-0.4, -0.2) is 21.8 Å². The lowest BCUT2D eigenvalue weighted by Crippen LogP contribution is -2.31. The van der Waals surface area contributed by atoms with Gasteiger partial charge in [-0.25, -0.2) is 4.98 Å². The number of nitrogens with zero attached hydrogens (tertiary/aromatic N) is 2. The second-order valence-electron chi connectivity index (χ2n) is 9.06. The van der Waals surface area contributed by atoms with Gasteiger partial charge in [-0.15, -0.1) is 0 Å². The van der Waals surface area contributed by atoms with Gasteiger partial charge in [0.1, 0.15) is 0 Å². The Balaban J connectivity index is 1.57. The summed E-state index contributed by atoms with van der Waals surface area (Å²) >= 11 is 1.39. The molecule has 0 spiro atoms. The van der Waals surface area contributed by atoms with E-state index >= 15 is 0 Å². The van der Waals surface area contributed by atoms with E-state index in [1.165, 1.54) is 16.2 Å². The number of carbonyl (C=O) groups is 2. The standard InChI is InChI=1S/C29H26N2O3S/c1-17-8-7-11-21(14-17)26-25(23(32)13-12-20-9-5-4-6-10-20)27(33)28(34)31(26)29-30-22-15-18(2)19(3)16-24(22)35-29/h4-11,14-16,26,33H,12-13H2,1-3H3. The fourth-order valence-corrected chi connectivity index (χ4v) is 5.62. The second-order valence-corrected chi connectivity index (χ2v) is 10.1. The first-order valence-electron chi connectivity index (χ1n) is 11.6. The van der Waals surface area contributed by atoms with Crippen molar-refractivity contribution in [2.24, 2.45) is 0 Å².